The zero-order valence-electron chi connectivity index (χ0n) is 16.6. The van der Waals surface area contributed by atoms with Crippen molar-refractivity contribution >= 4 is 28.3 Å². The summed E-state index contributed by atoms with van der Waals surface area (Å²) in [5.74, 6) is -0.494. The lowest BCUT2D eigenvalue weighted by Gasteiger charge is -2.28. The molecule has 0 radical (unpaired) electrons. The Morgan fingerprint density at radius 1 is 1.19 bits per heavy atom. The molecule has 1 aliphatic rings. The minimum atomic E-state index is -0.494. The van der Waals surface area contributed by atoms with Crippen molar-refractivity contribution in [1.82, 2.24) is 14.5 Å². The zero-order chi connectivity index (χ0) is 21.4. The Morgan fingerprint density at radius 3 is 2.84 bits per heavy atom. The van der Waals surface area contributed by atoms with Crippen LogP contribution in [0, 0.1) is 5.82 Å². The number of ether oxygens (including phenoxy) is 1. The lowest BCUT2D eigenvalue weighted by atomic mass is 10.1. The molecule has 4 heterocycles. The van der Waals surface area contributed by atoms with Gasteiger partial charge in [-0.3, -0.25) is 4.79 Å². The van der Waals surface area contributed by atoms with Crippen molar-refractivity contribution in [2.45, 2.75) is 6.54 Å². The van der Waals surface area contributed by atoms with Crippen molar-refractivity contribution in [2.24, 2.45) is 0 Å². The number of benzene rings is 1. The summed E-state index contributed by atoms with van der Waals surface area (Å²) in [5, 5.41) is 0.992. The Hall–Kier alpha value is -3.16. The van der Waals surface area contributed by atoms with Gasteiger partial charge in [-0.25, -0.2) is 9.37 Å². The average Bonchev–Trinajstić information content (AvgIpc) is 3.22. The first kappa shape index (κ1) is 19.8. The minimum absolute atomic E-state index is 0.0387. The third kappa shape index (κ3) is 3.82. The number of fused-ring (bicyclic) bond motifs is 1. The summed E-state index contributed by atoms with van der Waals surface area (Å²) in [6.07, 6.45) is 5.43. The van der Waals surface area contributed by atoms with Crippen LogP contribution in [0.1, 0.15) is 5.56 Å². The number of hydrogen-bond acceptors (Lipinski definition) is 4. The van der Waals surface area contributed by atoms with Gasteiger partial charge in [0.2, 0.25) is 0 Å². The fraction of sp³-hybridized carbons (Fsp3) is 0.217. The molecule has 1 saturated heterocycles. The van der Waals surface area contributed by atoms with E-state index in [0.717, 1.165) is 40.9 Å². The second kappa shape index (κ2) is 8.17. The quantitative estimate of drug-likeness (QED) is 0.521. The molecule has 1 aromatic carbocycles. The van der Waals surface area contributed by atoms with Crippen LogP contribution in [0.4, 0.5) is 10.1 Å². The van der Waals surface area contributed by atoms with E-state index < -0.39 is 5.82 Å². The molecule has 0 amide bonds. The SMILES string of the molecule is O=c1cc(-c2c[nH]c3ncc(N4CCOCC4)cc23)ccn1Cc1cccc(F)c1Cl. The second-order valence-corrected chi connectivity index (χ2v) is 7.86. The number of aromatic nitrogens is 3. The van der Waals surface area contributed by atoms with Gasteiger partial charge in [0.05, 0.1) is 36.7 Å². The maximum Gasteiger partial charge on any atom is 0.251 e. The Kier molecular flexibility index (Phi) is 5.21. The second-order valence-electron chi connectivity index (χ2n) is 7.49. The van der Waals surface area contributed by atoms with Crippen LogP contribution in [0.25, 0.3) is 22.2 Å². The van der Waals surface area contributed by atoms with Gasteiger partial charge in [0, 0.05) is 42.5 Å². The molecule has 8 heteroatoms. The predicted octanol–water partition coefficient (Wildman–Crippen LogP) is 4.07. The first-order valence-electron chi connectivity index (χ1n) is 10.0. The third-order valence-corrected chi connectivity index (χ3v) is 6.00. The van der Waals surface area contributed by atoms with Crippen LogP contribution >= 0.6 is 11.6 Å². The average molecular weight is 439 g/mol. The number of H-pyrrole nitrogens is 1. The van der Waals surface area contributed by atoms with E-state index in [4.69, 9.17) is 16.3 Å². The summed E-state index contributed by atoms with van der Waals surface area (Å²) in [7, 11) is 0. The highest BCUT2D eigenvalue weighted by molar-refractivity contribution is 6.31. The molecule has 1 N–H and O–H groups in total. The van der Waals surface area contributed by atoms with E-state index in [-0.39, 0.29) is 17.1 Å². The Balaban J connectivity index is 1.48. The van der Waals surface area contributed by atoms with Crippen molar-refractivity contribution in [3.8, 4) is 11.1 Å². The molecular formula is C23H20ClFN4O2. The number of halogens is 2. The van der Waals surface area contributed by atoms with Gasteiger partial charge in [-0.05, 0) is 29.3 Å². The number of hydrogen-bond donors (Lipinski definition) is 1. The maximum absolute atomic E-state index is 13.7. The molecule has 0 spiro atoms. The lowest BCUT2D eigenvalue weighted by molar-refractivity contribution is 0.122. The van der Waals surface area contributed by atoms with Crippen molar-refractivity contribution in [3.05, 3.63) is 81.7 Å². The van der Waals surface area contributed by atoms with E-state index in [1.165, 1.54) is 10.6 Å². The number of aromatic amines is 1. The van der Waals surface area contributed by atoms with Gasteiger partial charge in [0.25, 0.3) is 5.56 Å². The van der Waals surface area contributed by atoms with Gasteiger partial charge in [-0.2, -0.15) is 0 Å². The number of nitrogens with one attached hydrogen (secondary N) is 1. The molecule has 0 saturated carbocycles. The Bertz CT molecular complexity index is 1310. The number of anilines is 1. The molecule has 31 heavy (non-hydrogen) atoms. The molecule has 0 atom stereocenters. The van der Waals surface area contributed by atoms with E-state index in [1.807, 2.05) is 18.5 Å². The topological polar surface area (TPSA) is 63.1 Å². The van der Waals surface area contributed by atoms with Gasteiger partial charge in [0.15, 0.2) is 0 Å². The van der Waals surface area contributed by atoms with Crippen molar-refractivity contribution in [2.75, 3.05) is 31.2 Å². The monoisotopic (exact) mass is 438 g/mol. The van der Waals surface area contributed by atoms with E-state index in [1.54, 1.807) is 24.4 Å². The first-order chi connectivity index (χ1) is 15.1. The first-order valence-corrected chi connectivity index (χ1v) is 10.4. The Labute approximate surface area is 182 Å². The summed E-state index contributed by atoms with van der Waals surface area (Å²) in [5.41, 5.74) is 3.87. The number of nitrogens with zero attached hydrogens (tertiary/aromatic N) is 3. The molecule has 5 rings (SSSR count). The van der Waals surface area contributed by atoms with E-state index >= 15 is 0 Å². The van der Waals surface area contributed by atoms with Gasteiger partial charge in [-0.1, -0.05) is 23.7 Å². The predicted molar refractivity (Wildman–Crippen MR) is 119 cm³/mol. The van der Waals surface area contributed by atoms with Crippen LogP contribution in [-0.4, -0.2) is 40.8 Å². The molecule has 0 unspecified atom stereocenters. The van der Waals surface area contributed by atoms with Gasteiger partial charge in [0.1, 0.15) is 11.5 Å². The van der Waals surface area contributed by atoms with Crippen LogP contribution in [0.2, 0.25) is 5.02 Å². The van der Waals surface area contributed by atoms with Crippen molar-refractivity contribution in [1.29, 1.82) is 0 Å². The third-order valence-electron chi connectivity index (χ3n) is 5.57. The molecule has 0 bridgehead atoms. The van der Waals surface area contributed by atoms with Crippen molar-refractivity contribution < 1.29 is 9.13 Å². The zero-order valence-corrected chi connectivity index (χ0v) is 17.4. The van der Waals surface area contributed by atoms with Gasteiger partial charge < -0.3 is 19.2 Å². The van der Waals surface area contributed by atoms with E-state index in [9.17, 15) is 9.18 Å². The van der Waals surface area contributed by atoms with E-state index in [0.29, 0.717) is 18.8 Å². The fourth-order valence-corrected chi connectivity index (χ4v) is 4.07. The van der Waals surface area contributed by atoms with Crippen LogP contribution in [0.15, 0.2) is 59.8 Å². The van der Waals surface area contributed by atoms with Crippen LogP contribution in [0.3, 0.4) is 0 Å². The van der Waals surface area contributed by atoms with E-state index in [2.05, 4.69) is 20.9 Å². The van der Waals surface area contributed by atoms with Gasteiger partial charge >= 0.3 is 0 Å². The maximum atomic E-state index is 13.7. The smallest absolute Gasteiger partial charge is 0.251 e. The molecule has 3 aromatic heterocycles. The highest BCUT2D eigenvalue weighted by Gasteiger charge is 2.15. The number of morpholine rings is 1. The largest absolute Gasteiger partial charge is 0.378 e. The van der Waals surface area contributed by atoms with Crippen LogP contribution in [-0.2, 0) is 11.3 Å². The summed E-state index contributed by atoms with van der Waals surface area (Å²) in [6, 6.07) is 10.1. The Morgan fingerprint density at radius 2 is 2.03 bits per heavy atom. The molecule has 1 aliphatic heterocycles. The number of pyridine rings is 2. The summed E-state index contributed by atoms with van der Waals surface area (Å²) < 4.78 is 20.7. The summed E-state index contributed by atoms with van der Waals surface area (Å²) in [4.78, 5) is 22.7. The highest BCUT2D eigenvalue weighted by atomic mass is 35.5. The molecule has 0 aliphatic carbocycles. The molecular weight excluding hydrogens is 419 g/mol. The normalized spacial score (nSPS) is 14.3. The standard InChI is InChI=1S/C23H20ClFN4O2/c24-22-16(2-1-3-20(22)25)14-29-5-4-15(10-21(29)30)19-13-27-23-18(19)11-17(12-26-23)28-6-8-31-9-7-28/h1-5,10-13H,6-9,14H2,(H,26,27). The molecule has 6 nitrogen and oxygen atoms in total. The molecule has 158 valence electrons. The summed E-state index contributed by atoms with van der Waals surface area (Å²) in [6.45, 7) is 3.25. The number of rotatable bonds is 4. The summed E-state index contributed by atoms with van der Waals surface area (Å²) >= 11 is 6.04. The lowest BCUT2D eigenvalue weighted by Crippen LogP contribution is -2.36. The van der Waals surface area contributed by atoms with Gasteiger partial charge in [-0.15, -0.1) is 0 Å². The fourth-order valence-electron chi connectivity index (χ4n) is 3.89. The van der Waals surface area contributed by atoms with Crippen LogP contribution < -0.4 is 10.5 Å². The van der Waals surface area contributed by atoms with Crippen molar-refractivity contribution in [3.63, 3.8) is 0 Å². The molecule has 4 aromatic rings. The minimum Gasteiger partial charge on any atom is -0.378 e. The molecule has 1 fully saturated rings. The van der Waals surface area contributed by atoms with Crippen LogP contribution in [0.5, 0.6) is 0 Å². The highest BCUT2D eigenvalue weighted by Crippen LogP contribution is 2.30.